The van der Waals surface area contributed by atoms with Crippen LogP contribution in [0.5, 0.6) is 0 Å². The lowest BCUT2D eigenvalue weighted by atomic mass is 10.1. The molecule has 2 atom stereocenters. The molecular weight excluding hydrogens is 194 g/mol. The Hall–Kier alpha value is -1.36. The van der Waals surface area contributed by atoms with Gasteiger partial charge in [-0.3, -0.25) is 4.79 Å². The lowest BCUT2D eigenvalue weighted by Gasteiger charge is -2.10. The van der Waals surface area contributed by atoms with Crippen molar-refractivity contribution in [3.8, 4) is 0 Å². The number of H-pyrrole nitrogens is 1. The predicted molar refractivity (Wildman–Crippen MR) is 56.7 cm³/mol. The fourth-order valence-corrected chi connectivity index (χ4v) is 1.95. The zero-order valence-electron chi connectivity index (χ0n) is 8.44. The Morgan fingerprint density at radius 3 is 3.13 bits per heavy atom. The minimum absolute atomic E-state index is 0.168. The van der Waals surface area contributed by atoms with Gasteiger partial charge in [-0.25, -0.2) is 4.98 Å². The number of nitrogens with zero attached hydrogens (tertiary/aromatic N) is 1. The van der Waals surface area contributed by atoms with Crippen molar-refractivity contribution in [2.24, 2.45) is 5.92 Å². The molecule has 2 unspecified atom stereocenters. The Morgan fingerprint density at radius 2 is 2.47 bits per heavy atom. The first-order valence-electron chi connectivity index (χ1n) is 5.21. The third-order valence-electron chi connectivity index (χ3n) is 2.78. The van der Waals surface area contributed by atoms with E-state index in [0.29, 0.717) is 18.3 Å². The number of anilines is 1. The summed E-state index contributed by atoms with van der Waals surface area (Å²) in [7, 11) is 0. The topological polar surface area (TPSA) is 78.0 Å². The summed E-state index contributed by atoms with van der Waals surface area (Å²) in [5, 5.41) is 12.3. The molecule has 0 aliphatic heterocycles. The van der Waals surface area contributed by atoms with E-state index in [1.54, 1.807) is 6.20 Å². The minimum Gasteiger partial charge on any atom is -0.393 e. The Morgan fingerprint density at radius 1 is 1.60 bits per heavy atom. The summed E-state index contributed by atoms with van der Waals surface area (Å²) < 4.78 is 0. The van der Waals surface area contributed by atoms with Gasteiger partial charge in [0.15, 0.2) is 5.82 Å². The normalized spacial score (nSPS) is 25.4. The van der Waals surface area contributed by atoms with Crippen LogP contribution in [-0.2, 0) is 0 Å². The largest absolute Gasteiger partial charge is 0.393 e. The van der Waals surface area contributed by atoms with Gasteiger partial charge >= 0.3 is 0 Å². The fourth-order valence-electron chi connectivity index (χ4n) is 1.95. The van der Waals surface area contributed by atoms with Crippen molar-refractivity contribution in [3.63, 3.8) is 0 Å². The molecule has 0 spiro atoms. The van der Waals surface area contributed by atoms with Gasteiger partial charge in [-0.1, -0.05) is 0 Å². The van der Waals surface area contributed by atoms with Crippen LogP contribution >= 0.6 is 0 Å². The van der Waals surface area contributed by atoms with Crippen molar-refractivity contribution in [3.05, 3.63) is 22.7 Å². The SMILES string of the molecule is O=c1[nH]ccnc1NCC1CCC(O)C1. The van der Waals surface area contributed by atoms with Gasteiger partial charge in [0.2, 0.25) is 0 Å². The first-order chi connectivity index (χ1) is 7.25. The number of aliphatic hydroxyl groups excluding tert-OH is 1. The quantitative estimate of drug-likeness (QED) is 0.671. The van der Waals surface area contributed by atoms with E-state index in [0.717, 1.165) is 19.3 Å². The van der Waals surface area contributed by atoms with E-state index in [2.05, 4.69) is 15.3 Å². The van der Waals surface area contributed by atoms with Crippen molar-refractivity contribution < 1.29 is 5.11 Å². The monoisotopic (exact) mass is 209 g/mol. The number of hydrogen-bond acceptors (Lipinski definition) is 4. The van der Waals surface area contributed by atoms with Crippen LogP contribution in [0.1, 0.15) is 19.3 Å². The van der Waals surface area contributed by atoms with Crippen molar-refractivity contribution in [2.45, 2.75) is 25.4 Å². The molecule has 1 fully saturated rings. The summed E-state index contributed by atoms with van der Waals surface area (Å²) in [5.74, 6) is 0.806. The molecule has 1 heterocycles. The van der Waals surface area contributed by atoms with Gasteiger partial charge < -0.3 is 15.4 Å². The third-order valence-corrected chi connectivity index (χ3v) is 2.78. The second-order valence-electron chi connectivity index (χ2n) is 3.98. The van der Waals surface area contributed by atoms with Gasteiger partial charge in [-0.05, 0) is 25.2 Å². The van der Waals surface area contributed by atoms with Gasteiger partial charge in [0, 0.05) is 18.9 Å². The van der Waals surface area contributed by atoms with Crippen molar-refractivity contribution in [1.29, 1.82) is 0 Å². The highest BCUT2D eigenvalue weighted by Gasteiger charge is 2.22. The molecular formula is C10H15N3O2. The Kier molecular flexibility index (Phi) is 3.01. The summed E-state index contributed by atoms with van der Waals surface area (Å²) in [6.45, 7) is 0.706. The first-order valence-corrected chi connectivity index (χ1v) is 5.21. The van der Waals surface area contributed by atoms with Crippen LogP contribution in [0.25, 0.3) is 0 Å². The maximum Gasteiger partial charge on any atom is 0.290 e. The van der Waals surface area contributed by atoms with E-state index in [4.69, 9.17) is 0 Å². The van der Waals surface area contributed by atoms with Gasteiger partial charge in [-0.2, -0.15) is 0 Å². The number of aromatic amines is 1. The number of aromatic nitrogens is 2. The lowest BCUT2D eigenvalue weighted by molar-refractivity contribution is 0.178. The summed E-state index contributed by atoms with van der Waals surface area (Å²) in [5.41, 5.74) is -0.198. The summed E-state index contributed by atoms with van der Waals surface area (Å²) in [6, 6.07) is 0. The zero-order valence-corrected chi connectivity index (χ0v) is 8.44. The molecule has 0 aromatic carbocycles. The highest BCUT2D eigenvalue weighted by molar-refractivity contribution is 5.29. The van der Waals surface area contributed by atoms with E-state index in [1.807, 2.05) is 0 Å². The van der Waals surface area contributed by atoms with Crippen LogP contribution in [0.15, 0.2) is 17.2 Å². The predicted octanol–water partition coefficient (Wildman–Crippen LogP) is 0.343. The molecule has 0 bridgehead atoms. The van der Waals surface area contributed by atoms with Gasteiger partial charge in [0.05, 0.1) is 6.10 Å². The van der Waals surface area contributed by atoms with Crippen molar-refractivity contribution >= 4 is 5.82 Å². The number of nitrogens with one attached hydrogen (secondary N) is 2. The van der Waals surface area contributed by atoms with Crippen molar-refractivity contribution in [1.82, 2.24) is 9.97 Å². The lowest BCUT2D eigenvalue weighted by Crippen LogP contribution is -2.20. The van der Waals surface area contributed by atoms with Gasteiger partial charge in [-0.15, -0.1) is 0 Å². The average Bonchev–Trinajstić information content (AvgIpc) is 2.63. The van der Waals surface area contributed by atoms with E-state index in [1.165, 1.54) is 6.20 Å². The molecule has 2 rings (SSSR count). The molecule has 1 aromatic rings. The Labute approximate surface area is 87.6 Å². The molecule has 1 aliphatic rings. The summed E-state index contributed by atoms with van der Waals surface area (Å²) in [4.78, 5) is 17.8. The molecule has 0 saturated heterocycles. The van der Waals surface area contributed by atoms with Crippen LogP contribution < -0.4 is 10.9 Å². The third kappa shape index (κ3) is 2.56. The molecule has 1 aliphatic carbocycles. The van der Waals surface area contributed by atoms with E-state index < -0.39 is 0 Å². The molecule has 1 saturated carbocycles. The molecule has 3 N–H and O–H groups in total. The number of hydrogen-bond donors (Lipinski definition) is 3. The highest BCUT2D eigenvalue weighted by Crippen LogP contribution is 2.24. The van der Waals surface area contributed by atoms with Gasteiger partial charge in [0.1, 0.15) is 0 Å². The standard InChI is InChI=1S/C10H15N3O2/c14-8-2-1-7(5-8)6-13-9-10(15)12-4-3-11-9/h3-4,7-8,14H,1-2,5-6H2,(H,11,13)(H,12,15). The van der Waals surface area contributed by atoms with Crippen LogP contribution in [-0.4, -0.2) is 27.7 Å². The highest BCUT2D eigenvalue weighted by atomic mass is 16.3. The fraction of sp³-hybridized carbons (Fsp3) is 0.600. The maximum absolute atomic E-state index is 11.3. The zero-order chi connectivity index (χ0) is 10.7. The van der Waals surface area contributed by atoms with Crippen LogP contribution in [0.3, 0.4) is 0 Å². The Bertz CT molecular complexity index is 377. The number of rotatable bonds is 3. The Balaban J connectivity index is 1.88. The maximum atomic E-state index is 11.3. The summed E-state index contributed by atoms with van der Waals surface area (Å²) >= 11 is 0. The van der Waals surface area contributed by atoms with Crippen LogP contribution in [0.4, 0.5) is 5.82 Å². The molecule has 5 heteroatoms. The van der Waals surface area contributed by atoms with Crippen LogP contribution in [0, 0.1) is 5.92 Å². The molecule has 15 heavy (non-hydrogen) atoms. The first kappa shape index (κ1) is 10.2. The minimum atomic E-state index is -0.198. The summed E-state index contributed by atoms with van der Waals surface area (Å²) in [6.07, 6.45) is 5.58. The van der Waals surface area contributed by atoms with E-state index in [9.17, 15) is 9.90 Å². The van der Waals surface area contributed by atoms with E-state index in [-0.39, 0.29) is 11.7 Å². The molecule has 0 radical (unpaired) electrons. The number of aliphatic hydroxyl groups is 1. The molecule has 5 nitrogen and oxygen atoms in total. The second-order valence-corrected chi connectivity index (χ2v) is 3.98. The molecule has 0 amide bonds. The smallest absolute Gasteiger partial charge is 0.290 e. The van der Waals surface area contributed by atoms with Gasteiger partial charge in [0.25, 0.3) is 5.56 Å². The second kappa shape index (κ2) is 4.44. The molecule has 1 aromatic heterocycles. The van der Waals surface area contributed by atoms with Crippen LogP contribution in [0.2, 0.25) is 0 Å². The van der Waals surface area contributed by atoms with E-state index >= 15 is 0 Å². The molecule has 82 valence electrons. The average molecular weight is 209 g/mol. The van der Waals surface area contributed by atoms with Crippen molar-refractivity contribution in [2.75, 3.05) is 11.9 Å².